The Morgan fingerprint density at radius 2 is 1.83 bits per heavy atom. The fourth-order valence-electron chi connectivity index (χ4n) is 3.80. The first-order valence-corrected chi connectivity index (χ1v) is 9.72. The molecule has 0 atom stereocenters. The van der Waals surface area contributed by atoms with Crippen molar-refractivity contribution in [3.05, 3.63) is 77.9 Å². The molecule has 0 unspecified atom stereocenters. The molecule has 0 saturated heterocycles. The maximum Gasteiger partial charge on any atom is 0.325 e. The highest BCUT2D eigenvalue weighted by atomic mass is 19.1. The third-order valence-corrected chi connectivity index (χ3v) is 5.18. The molecule has 2 aromatic carbocycles. The van der Waals surface area contributed by atoms with E-state index < -0.39 is 6.03 Å². The molecule has 150 valence electrons. The Balaban J connectivity index is 1.38. The molecule has 1 aliphatic carbocycles. The van der Waals surface area contributed by atoms with E-state index in [1.807, 2.05) is 30.3 Å². The summed E-state index contributed by atoms with van der Waals surface area (Å²) in [5.41, 5.74) is 5.06. The summed E-state index contributed by atoms with van der Waals surface area (Å²) in [6.45, 7) is 0. The zero-order chi connectivity index (χ0) is 20.5. The number of H-pyrrole nitrogens is 1. The summed E-state index contributed by atoms with van der Waals surface area (Å²) in [5, 5.41) is 17.3. The van der Waals surface area contributed by atoms with Crippen LogP contribution in [0.4, 0.5) is 20.7 Å². The Morgan fingerprint density at radius 1 is 1.03 bits per heavy atom. The largest absolute Gasteiger partial charge is 0.325 e. The highest BCUT2D eigenvalue weighted by Crippen LogP contribution is 2.31. The minimum atomic E-state index is -0.396. The van der Waals surface area contributed by atoms with Gasteiger partial charge in [0.15, 0.2) is 5.82 Å². The van der Waals surface area contributed by atoms with Crippen LogP contribution in [0.1, 0.15) is 17.7 Å². The van der Waals surface area contributed by atoms with Crippen LogP contribution < -0.4 is 10.6 Å². The summed E-state index contributed by atoms with van der Waals surface area (Å²) in [6.07, 6.45) is 4.27. The Morgan fingerprint density at radius 3 is 2.63 bits per heavy atom. The summed E-state index contributed by atoms with van der Waals surface area (Å²) in [6, 6.07) is 15.4. The predicted octanol–water partition coefficient (Wildman–Crippen LogP) is 4.53. The lowest BCUT2D eigenvalue weighted by molar-refractivity contribution is 0.262. The molecule has 1 aliphatic rings. The predicted molar refractivity (Wildman–Crippen MR) is 112 cm³/mol. The molecule has 2 aromatic heterocycles. The van der Waals surface area contributed by atoms with Gasteiger partial charge in [0.2, 0.25) is 0 Å². The van der Waals surface area contributed by atoms with Gasteiger partial charge in [0.05, 0.1) is 23.3 Å². The number of carbonyl (C=O) groups is 1. The fraction of sp³-hybridized carbons (Fsp3) is 0.136. The van der Waals surface area contributed by atoms with Crippen LogP contribution >= 0.6 is 0 Å². The number of halogens is 1. The number of carbonyl (C=O) groups excluding carboxylic acids is 1. The van der Waals surface area contributed by atoms with Gasteiger partial charge in [0, 0.05) is 16.8 Å². The lowest BCUT2D eigenvalue weighted by atomic mass is 10.1. The summed E-state index contributed by atoms with van der Waals surface area (Å²) in [4.78, 5) is 12.7. The molecule has 0 spiro atoms. The second-order valence-corrected chi connectivity index (χ2v) is 7.12. The topological polar surface area (TPSA) is 87.6 Å². The lowest BCUT2D eigenvalue weighted by Crippen LogP contribution is -2.20. The van der Waals surface area contributed by atoms with Gasteiger partial charge in [-0.25, -0.2) is 13.9 Å². The number of nitrogens with one attached hydrogen (secondary N) is 3. The van der Waals surface area contributed by atoms with Crippen molar-refractivity contribution in [2.75, 3.05) is 10.6 Å². The van der Waals surface area contributed by atoms with Crippen molar-refractivity contribution in [2.45, 2.75) is 19.3 Å². The smallest absolute Gasteiger partial charge is 0.304 e. The number of urea groups is 1. The van der Waals surface area contributed by atoms with Gasteiger partial charge in [-0.15, -0.1) is 5.10 Å². The van der Waals surface area contributed by atoms with Gasteiger partial charge in [-0.3, -0.25) is 10.4 Å². The van der Waals surface area contributed by atoms with Crippen molar-refractivity contribution in [2.24, 2.45) is 0 Å². The molecule has 2 heterocycles. The molecule has 3 N–H and O–H groups in total. The van der Waals surface area contributed by atoms with Crippen molar-refractivity contribution in [3.8, 4) is 16.9 Å². The van der Waals surface area contributed by atoms with Crippen LogP contribution in [0.15, 0.2) is 60.8 Å². The highest BCUT2D eigenvalue weighted by molar-refractivity contribution is 6.01. The van der Waals surface area contributed by atoms with Gasteiger partial charge in [-0.2, -0.15) is 5.10 Å². The first kappa shape index (κ1) is 18.1. The molecule has 0 bridgehead atoms. The third kappa shape index (κ3) is 3.32. The molecule has 0 saturated carbocycles. The number of aromatic nitrogens is 4. The number of hydrogen-bond donors (Lipinski definition) is 3. The highest BCUT2D eigenvalue weighted by Gasteiger charge is 2.24. The number of amides is 2. The normalized spacial score (nSPS) is 12.6. The zero-order valence-corrected chi connectivity index (χ0v) is 16.0. The molecule has 5 rings (SSSR count). The number of nitrogens with zero attached hydrogens (tertiary/aromatic N) is 3. The molecule has 4 aromatic rings. The average Bonchev–Trinajstić information content (AvgIpc) is 3.48. The first-order valence-electron chi connectivity index (χ1n) is 9.72. The van der Waals surface area contributed by atoms with Crippen LogP contribution in [0.3, 0.4) is 0 Å². The van der Waals surface area contributed by atoms with Crippen LogP contribution in [0.5, 0.6) is 0 Å². The van der Waals surface area contributed by atoms with E-state index in [9.17, 15) is 9.18 Å². The summed E-state index contributed by atoms with van der Waals surface area (Å²) in [5.74, 6) is 0.226. The molecule has 0 fully saturated rings. The van der Waals surface area contributed by atoms with E-state index in [-0.39, 0.29) is 5.82 Å². The Hall–Kier alpha value is -3.94. The number of fused-ring (bicyclic) bond motifs is 1. The van der Waals surface area contributed by atoms with Crippen LogP contribution in [0, 0.1) is 5.82 Å². The quantitative estimate of drug-likeness (QED) is 0.468. The van der Waals surface area contributed by atoms with E-state index in [1.54, 1.807) is 23.0 Å². The lowest BCUT2D eigenvalue weighted by Gasteiger charge is -2.07. The molecule has 8 heteroatoms. The molecular weight excluding hydrogens is 383 g/mol. The van der Waals surface area contributed by atoms with Gasteiger partial charge in [0.25, 0.3) is 0 Å². The van der Waals surface area contributed by atoms with Gasteiger partial charge < -0.3 is 5.32 Å². The molecule has 0 aliphatic heterocycles. The molecule has 30 heavy (non-hydrogen) atoms. The standard InChI is InChI=1S/C22H19FN6O/c23-15-9-11-16(12-10-15)29-19-8-4-7-17(19)21(28-29)26-22(30)25-18-13-24-27-20(18)14-5-2-1-3-6-14/h1-3,5-6,9-13H,4,7-8H2,(H,24,27)(H2,25,26,28,30). The summed E-state index contributed by atoms with van der Waals surface area (Å²) < 4.78 is 15.1. The van der Waals surface area contributed by atoms with Gasteiger partial charge in [0.1, 0.15) is 5.82 Å². The summed E-state index contributed by atoms with van der Waals surface area (Å²) >= 11 is 0. The number of aromatic amines is 1. The maximum atomic E-state index is 13.3. The Labute approximate surface area is 171 Å². The number of hydrogen-bond acceptors (Lipinski definition) is 3. The van der Waals surface area contributed by atoms with E-state index in [0.29, 0.717) is 11.5 Å². The van der Waals surface area contributed by atoms with Crippen LogP contribution in [0.25, 0.3) is 16.9 Å². The van der Waals surface area contributed by atoms with Crippen LogP contribution in [-0.4, -0.2) is 26.0 Å². The Bertz CT molecular complexity index is 1200. The van der Waals surface area contributed by atoms with Crippen LogP contribution in [-0.2, 0) is 12.8 Å². The van der Waals surface area contributed by atoms with E-state index in [4.69, 9.17) is 0 Å². The van der Waals surface area contributed by atoms with Crippen molar-refractivity contribution >= 4 is 17.5 Å². The number of anilines is 2. The third-order valence-electron chi connectivity index (χ3n) is 5.18. The minimum absolute atomic E-state index is 0.297. The van der Waals surface area contributed by atoms with Crippen molar-refractivity contribution < 1.29 is 9.18 Å². The zero-order valence-electron chi connectivity index (χ0n) is 16.0. The van der Waals surface area contributed by atoms with Gasteiger partial charge in [-0.1, -0.05) is 30.3 Å². The average molecular weight is 402 g/mol. The van der Waals surface area contributed by atoms with Crippen LogP contribution in [0.2, 0.25) is 0 Å². The molecular formula is C22H19FN6O. The molecule has 7 nitrogen and oxygen atoms in total. The first-order chi connectivity index (χ1) is 14.7. The van der Waals surface area contributed by atoms with E-state index in [1.165, 1.54) is 12.1 Å². The van der Waals surface area contributed by atoms with Crippen molar-refractivity contribution in [1.29, 1.82) is 0 Å². The van der Waals surface area contributed by atoms with Gasteiger partial charge in [-0.05, 0) is 43.5 Å². The molecule has 2 amide bonds. The van der Waals surface area contributed by atoms with Crippen molar-refractivity contribution in [1.82, 2.24) is 20.0 Å². The van der Waals surface area contributed by atoms with Crippen molar-refractivity contribution in [3.63, 3.8) is 0 Å². The van der Waals surface area contributed by atoms with E-state index in [0.717, 1.165) is 47.5 Å². The second kappa shape index (κ2) is 7.47. The van der Waals surface area contributed by atoms with E-state index in [2.05, 4.69) is 25.9 Å². The Kier molecular flexibility index (Phi) is 4.51. The van der Waals surface area contributed by atoms with E-state index >= 15 is 0 Å². The number of benzene rings is 2. The SMILES string of the molecule is O=C(Nc1cn[nH]c1-c1ccccc1)Nc1nn(-c2ccc(F)cc2)c2c1CCC2. The fourth-order valence-corrected chi connectivity index (χ4v) is 3.80. The minimum Gasteiger partial charge on any atom is -0.304 e. The second-order valence-electron chi connectivity index (χ2n) is 7.12. The van der Waals surface area contributed by atoms with Gasteiger partial charge >= 0.3 is 6.03 Å². The summed E-state index contributed by atoms with van der Waals surface area (Å²) in [7, 11) is 0. The monoisotopic (exact) mass is 402 g/mol. The molecule has 0 radical (unpaired) electrons. The number of rotatable bonds is 4. The maximum absolute atomic E-state index is 13.3.